The number of aromatic nitrogens is 2. The van der Waals surface area contributed by atoms with E-state index in [0.29, 0.717) is 0 Å². The summed E-state index contributed by atoms with van der Waals surface area (Å²) in [7, 11) is 0. The Labute approximate surface area is 108 Å². The van der Waals surface area contributed by atoms with Gasteiger partial charge in [-0.15, -0.1) is 11.3 Å². The minimum absolute atomic E-state index is 1.04. The first-order valence-electron chi connectivity index (χ1n) is 5.81. The summed E-state index contributed by atoms with van der Waals surface area (Å²) in [5.41, 5.74) is 3.32. The number of hydrogen-bond donors (Lipinski definition) is 1. The van der Waals surface area contributed by atoms with Crippen LogP contribution in [-0.2, 0) is 0 Å². The topological polar surface area (TPSA) is 28.7 Å². The van der Waals surface area contributed by atoms with E-state index in [1.165, 1.54) is 21.7 Å². The molecule has 0 aliphatic heterocycles. The molecule has 1 N–H and O–H groups in total. The van der Waals surface area contributed by atoms with Crippen molar-refractivity contribution in [1.82, 2.24) is 10.2 Å². The highest BCUT2D eigenvalue weighted by Gasteiger charge is 2.08. The zero-order chi connectivity index (χ0) is 11.9. The molecular formula is C15H10N2S. The van der Waals surface area contributed by atoms with Gasteiger partial charge in [0.15, 0.2) is 0 Å². The van der Waals surface area contributed by atoms with Crippen LogP contribution in [0.2, 0.25) is 0 Å². The molecule has 0 amide bonds. The second-order valence-corrected chi connectivity index (χ2v) is 5.08. The van der Waals surface area contributed by atoms with Crippen molar-refractivity contribution in [3.63, 3.8) is 0 Å². The maximum atomic E-state index is 4.41. The Hall–Kier alpha value is -2.13. The second kappa shape index (κ2) is 3.68. The monoisotopic (exact) mass is 250 g/mol. The molecular weight excluding hydrogens is 240 g/mol. The van der Waals surface area contributed by atoms with Gasteiger partial charge in [0, 0.05) is 21.7 Å². The van der Waals surface area contributed by atoms with E-state index in [1.807, 2.05) is 0 Å². The van der Waals surface area contributed by atoms with Crippen molar-refractivity contribution >= 4 is 33.0 Å². The van der Waals surface area contributed by atoms with Gasteiger partial charge >= 0.3 is 0 Å². The van der Waals surface area contributed by atoms with Crippen LogP contribution in [0.4, 0.5) is 0 Å². The third-order valence-electron chi connectivity index (χ3n) is 3.23. The first-order chi connectivity index (χ1) is 8.92. The number of fused-ring (bicyclic) bond motifs is 2. The number of thiophene rings is 1. The second-order valence-electron chi connectivity index (χ2n) is 4.33. The van der Waals surface area contributed by atoms with Crippen LogP contribution < -0.4 is 0 Å². The van der Waals surface area contributed by atoms with E-state index in [-0.39, 0.29) is 0 Å². The Kier molecular flexibility index (Phi) is 2.02. The molecule has 0 spiro atoms. The van der Waals surface area contributed by atoms with Gasteiger partial charge in [-0.2, -0.15) is 5.10 Å². The number of nitrogens with zero attached hydrogens (tertiary/aromatic N) is 1. The molecule has 18 heavy (non-hydrogen) atoms. The molecule has 0 fully saturated rings. The highest BCUT2D eigenvalue weighted by atomic mass is 32.1. The van der Waals surface area contributed by atoms with E-state index >= 15 is 0 Å². The van der Waals surface area contributed by atoms with Gasteiger partial charge in [-0.05, 0) is 16.8 Å². The van der Waals surface area contributed by atoms with Crippen LogP contribution in [0, 0.1) is 0 Å². The molecule has 86 valence electrons. The van der Waals surface area contributed by atoms with E-state index in [9.17, 15) is 0 Å². The molecule has 0 unspecified atom stereocenters. The minimum Gasteiger partial charge on any atom is -0.276 e. The van der Waals surface area contributed by atoms with Crippen molar-refractivity contribution in [3.05, 3.63) is 53.2 Å². The zero-order valence-corrected chi connectivity index (χ0v) is 10.4. The number of benzene rings is 2. The van der Waals surface area contributed by atoms with Crippen molar-refractivity contribution in [2.24, 2.45) is 0 Å². The standard InChI is InChI=1S/C15H10N2S/c1-2-4-11-7-12(6-5-10(11)3-1)15-13-8-18-9-14(13)16-17-15/h1-9,16H. The summed E-state index contributed by atoms with van der Waals surface area (Å²) in [5.74, 6) is 0. The van der Waals surface area contributed by atoms with Gasteiger partial charge in [-0.25, -0.2) is 0 Å². The van der Waals surface area contributed by atoms with Crippen LogP contribution in [-0.4, -0.2) is 10.2 Å². The normalized spacial score (nSPS) is 11.3. The SMILES string of the molecule is c1ccc2cc(-c3n[nH]c4cscc34)ccc2c1. The summed E-state index contributed by atoms with van der Waals surface area (Å²) in [4.78, 5) is 0. The van der Waals surface area contributed by atoms with Crippen LogP contribution in [0.1, 0.15) is 0 Å². The molecule has 0 aliphatic carbocycles. The third-order valence-corrected chi connectivity index (χ3v) is 3.97. The summed E-state index contributed by atoms with van der Waals surface area (Å²) in [5, 5.41) is 15.4. The Morgan fingerprint density at radius 1 is 0.944 bits per heavy atom. The fraction of sp³-hybridized carbons (Fsp3) is 0. The lowest BCUT2D eigenvalue weighted by atomic mass is 10.0. The van der Waals surface area contributed by atoms with Crippen LogP contribution in [0.3, 0.4) is 0 Å². The van der Waals surface area contributed by atoms with E-state index in [4.69, 9.17) is 0 Å². The molecule has 0 aliphatic rings. The van der Waals surface area contributed by atoms with Gasteiger partial charge in [0.2, 0.25) is 0 Å². The maximum Gasteiger partial charge on any atom is 0.101 e. The Bertz CT molecular complexity index is 842. The number of aromatic amines is 1. The minimum atomic E-state index is 1.04. The first-order valence-corrected chi connectivity index (χ1v) is 6.75. The summed E-state index contributed by atoms with van der Waals surface area (Å²) < 4.78 is 0. The lowest BCUT2D eigenvalue weighted by Crippen LogP contribution is -1.79. The van der Waals surface area contributed by atoms with Gasteiger partial charge in [0.25, 0.3) is 0 Å². The highest BCUT2D eigenvalue weighted by Crippen LogP contribution is 2.30. The fourth-order valence-electron chi connectivity index (χ4n) is 2.30. The summed E-state index contributed by atoms with van der Waals surface area (Å²) in [6.45, 7) is 0. The average Bonchev–Trinajstić information content (AvgIpc) is 3.00. The molecule has 0 saturated heterocycles. The molecule has 0 bridgehead atoms. The average molecular weight is 250 g/mol. The Morgan fingerprint density at radius 3 is 2.78 bits per heavy atom. The van der Waals surface area contributed by atoms with Crippen molar-refractivity contribution in [1.29, 1.82) is 0 Å². The van der Waals surface area contributed by atoms with Crippen molar-refractivity contribution in [3.8, 4) is 11.3 Å². The van der Waals surface area contributed by atoms with E-state index in [1.54, 1.807) is 11.3 Å². The van der Waals surface area contributed by atoms with Gasteiger partial charge in [-0.3, -0.25) is 5.10 Å². The Balaban J connectivity index is 1.99. The summed E-state index contributed by atoms with van der Waals surface area (Å²) in [6.07, 6.45) is 0. The number of rotatable bonds is 1. The lowest BCUT2D eigenvalue weighted by Gasteiger charge is -2.01. The van der Waals surface area contributed by atoms with Crippen molar-refractivity contribution in [2.45, 2.75) is 0 Å². The molecule has 0 saturated carbocycles. The third kappa shape index (κ3) is 1.38. The van der Waals surface area contributed by atoms with Gasteiger partial charge in [0.05, 0.1) is 5.52 Å². The molecule has 4 aromatic rings. The number of H-pyrrole nitrogens is 1. The number of nitrogens with one attached hydrogen (secondary N) is 1. The molecule has 2 heterocycles. The largest absolute Gasteiger partial charge is 0.276 e. The van der Waals surface area contributed by atoms with E-state index in [2.05, 4.69) is 63.4 Å². The van der Waals surface area contributed by atoms with Crippen LogP contribution in [0.15, 0.2) is 53.2 Å². The molecule has 0 radical (unpaired) electrons. The molecule has 2 aromatic heterocycles. The predicted octanol–water partition coefficient (Wildman–Crippen LogP) is 4.44. The quantitative estimate of drug-likeness (QED) is 0.531. The maximum absolute atomic E-state index is 4.41. The fourth-order valence-corrected chi connectivity index (χ4v) is 3.06. The summed E-state index contributed by atoms with van der Waals surface area (Å²) in [6, 6.07) is 14.9. The van der Waals surface area contributed by atoms with Gasteiger partial charge in [0.1, 0.15) is 5.69 Å². The Morgan fingerprint density at radius 2 is 1.83 bits per heavy atom. The molecule has 4 rings (SSSR count). The molecule has 0 atom stereocenters. The van der Waals surface area contributed by atoms with Crippen molar-refractivity contribution in [2.75, 3.05) is 0 Å². The first kappa shape index (κ1) is 9.85. The van der Waals surface area contributed by atoms with E-state index in [0.717, 1.165) is 11.2 Å². The van der Waals surface area contributed by atoms with Crippen molar-refractivity contribution < 1.29 is 0 Å². The lowest BCUT2D eigenvalue weighted by molar-refractivity contribution is 1.12. The summed E-state index contributed by atoms with van der Waals surface area (Å²) >= 11 is 1.70. The molecule has 2 aromatic carbocycles. The van der Waals surface area contributed by atoms with Crippen LogP contribution in [0.5, 0.6) is 0 Å². The molecule has 2 nitrogen and oxygen atoms in total. The molecule has 3 heteroatoms. The van der Waals surface area contributed by atoms with Gasteiger partial charge < -0.3 is 0 Å². The van der Waals surface area contributed by atoms with Crippen LogP contribution in [0.25, 0.3) is 32.9 Å². The highest BCUT2D eigenvalue weighted by molar-refractivity contribution is 7.09. The smallest absolute Gasteiger partial charge is 0.101 e. The predicted molar refractivity (Wildman–Crippen MR) is 76.9 cm³/mol. The number of hydrogen-bond acceptors (Lipinski definition) is 2. The zero-order valence-electron chi connectivity index (χ0n) is 9.55. The van der Waals surface area contributed by atoms with Gasteiger partial charge in [-0.1, -0.05) is 36.4 Å². The van der Waals surface area contributed by atoms with Crippen LogP contribution >= 0.6 is 11.3 Å². The van der Waals surface area contributed by atoms with E-state index < -0.39 is 0 Å².